The van der Waals surface area contributed by atoms with Crippen LogP contribution < -0.4 is 5.56 Å². The van der Waals surface area contributed by atoms with Gasteiger partial charge in [0.2, 0.25) is 0 Å². The third-order valence-corrected chi connectivity index (χ3v) is 4.18. The number of aromatic nitrogens is 2. The molecule has 22 heavy (non-hydrogen) atoms. The van der Waals surface area contributed by atoms with E-state index in [2.05, 4.69) is 9.97 Å². The Bertz CT molecular complexity index is 815. The largest absolute Gasteiger partial charge is 0.313 e. The van der Waals surface area contributed by atoms with Crippen molar-refractivity contribution in [3.63, 3.8) is 0 Å². The van der Waals surface area contributed by atoms with E-state index in [0.717, 1.165) is 11.1 Å². The van der Waals surface area contributed by atoms with E-state index in [1.807, 2.05) is 36.4 Å². The summed E-state index contributed by atoms with van der Waals surface area (Å²) < 4.78 is 0. The molecular formula is C17H12Cl2N2O. The van der Waals surface area contributed by atoms with E-state index >= 15 is 0 Å². The molecule has 1 heterocycles. The highest BCUT2D eigenvalue weighted by Crippen LogP contribution is 2.37. The fourth-order valence-corrected chi connectivity index (χ4v) is 2.97. The van der Waals surface area contributed by atoms with Gasteiger partial charge in [-0.15, -0.1) is 0 Å². The van der Waals surface area contributed by atoms with Crippen LogP contribution in [0.25, 0.3) is 0 Å². The normalized spacial score (nSPS) is 10.9. The van der Waals surface area contributed by atoms with Crippen LogP contribution in [-0.4, -0.2) is 9.97 Å². The van der Waals surface area contributed by atoms with Gasteiger partial charge in [-0.2, -0.15) is 0 Å². The van der Waals surface area contributed by atoms with E-state index in [-0.39, 0.29) is 11.5 Å². The van der Waals surface area contributed by atoms with Crippen LogP contribution in [-0.2, 0) is 0 Å². The second kappa shape index (κ2) is 6.34. The average molecular weight is 331 g/mol. The number of halogens is 2. The second-order valence-corrected chi connectivity index (χ2v) is 5.63. The Kier molecular flexibility index (Phi) is 4.27. The van der Waals surface area contributed by atoms with Gasteiger partial charge in [0.05, 0.1) is 6.33 Å². The molecular weight excluding hydrogens is 319 g/mol. The molecule has 1 aromatic heterocycles. The molecule has 0 radical (unpaired) electrons. The molecule has 5 heteroatoms. The summed E-state index contributed by atoms with van der Waals surface area (Å²) in [5.74, 6) is -0.375. The first-order valence-corrected chi connectivity index (χ1v) is 7.45. The molecule has 0 bridgehead atoms. The number of hydrogen-bond donors (Lipinski definition) is 1. The summed E-state index contributed by atoms with van der Waals surface area (Å²) >= 11 is 12.7. The summed E-state index contributed by atoms with van der Waals surface area (Å²) in [6.07, 6.45) is 2.91. The summed E-state index contributed by atoms with van der Waals surface area (Å²) in [5, 5.41) is 1.16. The lowest BCUT2D eigenvalue weighted by molar-refractivity contribution is 0.917. The number of hydrogen-bond acceptors (Lipinski definition) is 2. The van der Waals surface area contributed by atoms with Gasteiger partial charge in [-0.25, -0.2) is 4.98 Å². The van der Waals surface area contributed by atoms with Gasteiger partial charge in [0, 0.05) is 27.7 Å². The van der Waals surface area contributed by atoms with Gasteiger partial charge < -0.3 is 4.98 Å². The van der Waals surface area contributed by atoms with Crippen LogP contribution in [0.2, 0.25) is 10.0 Å². The molecule has 0 unspecified atom stereocenters. The average Bonchev–Trinajstić information content (AvgIpc) is 2.53. The van der Waals surface area contributed by atoms with Crippen LogP contribution in [0.4, 0.5) is 0 Å². The van der Waals surface area contributed by atoms with Crippen LogP contribution in [0.5, 0.6) is 0 Å². The highest BCUT2D eigenvalue weighted by atomic mass is 35.5. The van der Waals surface area contributed by atoms with Crippen LogP contribution in [0.1, 0.15) is 22.6 Å². The lowest BCUT2D eigenvalue weighted by Gasteiger charge is -2.19. The zero-order chi connectivity index (χ0) is 15.5. The third-order valence-electron chi connectivity index (χ3n) is 3.49. The maximum Gasteiger partial charge on any atom is 0.254 e. The lowest BCUT2D eigenvalue weighted by Crippen LogP contribution is -2.18. The topological polar surface area (TPSA) is 45.8 Å². The fourth-order valence-electron chi connectivity index (χ4n) is 2.48. The van der Waals surface area contributed by atoms with Crippen molar-refractivity contribution < 1.29 is 0 Å². The van der Waals surface area contributed by atoms with E-state index in [0.29, 0.717) is 15.6 Å². The number of aromatic amines is 1. The molecule has 0 aliphatic carbocycles. The molecule has 2 aromatic carbocycles. The van der Waals surface area contributed by atoms with Crippen LogP contribution in [0, 0.1) is 0 Å². The van der Waals surface area contributed by atoms with E-state index in [1.54, 1.807) is 18.3 Å². The van der Waals surface area contributed by atoms with Gasteiger partial charge in [-0.3, -0.25) is 4.79 Å². The molecule has 1 N–H and O–H groups in total. The van der Waals surface area contributed by atoms with Gasteiger partial charge in [0.1, 0.15) is 0 Å². The van der Waals surface area contributed by atoms with Gasteiger partial charge in [-0.1, -0.05) is 59.6 Å². The zero-order valence-electron chi connectivity index (χ0n) is 11.5. The van der Waals surface area contributed by atoms with Crippen molar-refractivity contribution in [2.24, 2.45) is 0 Å². The van der Waals surface area contributed by atoms with Gasteiger partial charge in [-0.05, 0) is 23.3 Å². The van der Waals surface area contributed by atoms with Crippen molar-refractivity contribution in [3.05, 3.63) is 98.1 Å². The van der Waals surface area contributed by atoms with Gasteiger partial charge in [0.25, 0.3) is 5.56 Å². The molecule has 0 saturated carbocycles. The van der Waals surface area contributed by atoms with Crippen molar-refractivity contribution >= 4 is 23.2 Å². The van der Waals surface area contributed by atoms with Crippen molar-refractivity contribution in [1.82, 2.24) is 9.97 Å². The number of rotatable bonds is 3. The molecule has 0 aliphatic heterocycles. The summed E-state index contributed by atoms with van der Waals surface area (Å²) in [4.78, 5) is 18.9. The highest BCUT2D eigenvalue weighted by Gasteiger charge is 2.23. The van der Waals surface area contributed by atoms with Crippen molar-refractivity contribution in [3.8, 4) is 0 Å². The summed E-state index contributed by atoms with van der Waals surface area (Å²) in [6, 6.07) is 14.8. The van der Waals surface area contributed by atoms with Crippen LogP contribution in [0.3, 0.4) is 0 Å². The molecule has 0 fully saturated rings. The third kappa shape index (κ3) is 2.78. The summed E-state index contributed by atoms with van der Waals surface area (Å²) in [6.45, 7) is 0. The first-order valence-electron chi connectivity index (χ1n) is 6.70. The first-order chi connectivity index (χ1) is 10.7. The minimum Gasteiger partial charge on any atom is -0.313 e. The van der Waals surface area contributed by atoms with E-state index in [1.165, 1.54) is 6.33 Å². The minimum absolute atomic E-state index is 0.208. The smallest absolute Gasteiger partial charge is 0.254 e. The highest BCUT2D eigenvalue weighted by molar-refractivity contribution is 6.32. The Hall–Kier alpha value is -2.10. The standard InChI is InChI=1S/C17H12Cl2N2O/c18-14-7-3-1-5-11(14)16(12-6-2-4-8-15(12)19)13-9-20-10-21-17(13)22/h1-10,16H,(H,20,21,22). The maximum absolute atomic E-state index is 12.2. The summed E-state index contributed by atoms with van der Waals surface area (Å²) in [7, 11) is 0. The van der Waals surface area contributed by atoms with Gasteiger partial charge >= 0.3 is 0 Å². The fraction of sp³-hybridized carbons (Fsp3) is 0.0588. The van der Waals surface area contributed by atoms with Crippen molar-refractivity contribution in [1.29, 1.82) is 0 Å². The molecule has 0 atom stereocenters. The van der Waals surface area contributed by atoms with E-state index < -0.39 is 0 Å². The predicted molar refractivity (Wildman–Crippen MR) is 88.7 cm³/mol. The lowest BCUT2D eigenvalue weighted by atomic mass is 9.86. The molecule has 110 valence electrons. The molecule has 0 spiro atoms. The number of nitrogens with one attached hydrogen (secondary N) is 1. The molecule has 0 aliphatic rings. The molecule has 3 rings (SSSR count). The maximum atomic E-state index is 12.2. The first kappa shape index (κ1) is 14.8. The SMILES string of the molecule is O=c1[nH]cncc1C(c1ccccc1Cl)c1ccccc1Cl. The van der Waals surface area contributed by atoms with Crippen LogP contribution in [0.15, 0.2) is 65.8 Å². The number of H-pyrrole nitrogens is 1. The summed E-state index contributed by atoms with van der Waals surface area (Å²) in [5.41, 5.74) is 1.93. The molecule has 0 amide bonds. The molecule has 3 nitrogen and oxygen atoms in total. The number of benzene rings is 2. The molecule has 3 aromatic rings. The van der Waals surface area contributed by atoms with Gasteiger partial charge in [0.15, 0.2) is 0 Å². The Labute approximate surface area is 137 Å². The molecule has 0 saturated heterocycles. The zero-order valence-corrected chi connectivity index (χ0v) is 13.0. The van der Waals surface area contributed by atoms with E-state index in [4.69, 9.17) is 23.2 Å². The quantitative estimate of drug-likeness (QED) is 0.779. The van der Waals surface area contributed by atoms with E-state index in [9.17, 15) is 4.79 Å². The van der Waals surface area contributed by atoms with Crippen molar-refractivity contribution in [2.75, 3.05) is 0 Å². The Morgan fingerprint density at radius 1 is 0.864 bits per heavy atom. The van der Waals surface area contributed by atoms with Crippen LogP contribution >= 0.6 is 23.2 Å². The number of nitrogens with zero attached hydrogens (tertiary/aromatic N) is 1. The Morgan fingerprint density at radius 2 is 1.41 bits per heavy atom. The second-order valence-electron chi connectivity index (χ2n) is 4.81. The predicted octanol–water partition coefficient (Wildman–Crippen LogP) is 4.26. The monoisotopic (exact) mass is 330 g/mol. The van der Waals surface area contributed by atoms with Crippen molar-refractivity contribution in [2.45, 2.75) is 5.92 Å². The Morgan fingerprint density at radius 3 is 1.91 bits per heavy atom. The minimum atomic E-state index is -0.375. The Balaban J connectivity index is 2.29.